The molecule has 0 saturated heterocycles. The van der Waals surface area contributed by atoms with Crippen LogP contribution in [-0.2, 0) is 42.8 Å². The minimum absolute atomic E-state index is 0.00295. The Morgan fingerprint density at radius 3 is 0.675 bits per heavy atom. The summed E-state index contributed by atoms with van der Waals surface area (Å²) in [6.07, 6.45) is 74.3. The van der Waals surface area contributed by atoms with Gasteiger partial charge in [-0.2, -0.15) is 0 Å². The molecule has 12 nitrogen and oxygen atoms in total. The zero-order valence-corrected chi connectivity index (χ0v) is 78.8. The minimum atomic E-state index is -1.01. The van der Waals surface area contributed by atoms with Gasteiger partial charge >= 0.3 is 17.9 Å². The fourth-order valence-corrected chi connectivity index (χ4v) is 21.7. The molecule has 0 heterocycles. The van der Waals surface area contributed by atoms with Gasteiger partial charge in [0.15, 0.2) is 0 Å². The number of benzene rings is 3. The van der Waals surface area contributed by atoms with Crippen molar-refractivity contribution in [2.45, 2.75) is 444 Å². The topological polar surface area (TPSA) is 134 Å². The van der Waals surface area contributed by atoms with Gasteiger partial charge in [0.05, 0.1) is 56.4 Å². The highest BCUT2D eigenvalue weighted by Gasteiger charge is 2.37. The van der Waals surface area contributed by atoms with E-state index in [1.54, 1.807) is 0 Å². The van der Waals surface area contributed by atoms with Gasteiger partial charge in [0, 0.05) is 6.42 Å². The van der Waals surface area contributed by atoms with Crippen LogP contribution in [-0.4, -0.2) is 81.8 Å². The van der Waals surface area contributed by atoms with Crippen LogP contribution in [0.3, 0.4) is 0 Å². The van der Waals surface area contributed by atoms with Crippen molar-refractivity contribution in [3.63, 3.8) is 0 Å². The number of unbranched alkanes of at least 4 members (excludes halogenated alkanes) is 27. The van der Waals surface area contributed by atoms with Crippen LogP contribution in [0, 0.1) is 53.3 Å². The third kappa shape index (κ3) is 38.8. The first-order valence-corrected chi connectivity index (χ1v) is 52.1. The van der Waals surface area contributed by atoms with Gasteiger partial charge in [0.25, 0.3) is 5.97 Å². The summed E-state index contributed by atoms with van der Waals surface area (Å²) in [7, 11) is 0. The molecular weight excluding hydrogens is 1530 g/mol. The van der Waals surface area contributed by atoms with E-state index in [0.717, 1.165) is 203 Å². The zero-order chi connectivity index (χ0) is 86.6. The molecule has 0 unspecified atom stereocenters. The summed E-state index contributed by atoms with van der Waals surface area (Å²) in [4.78, 5) is 39.7. The summed E-state index contributed by atoms with van der Waals surface area (Å²) in [5.74, 6) is 8.43. The van der Waals surface area contributed by atoms with Crippen LogP contribution in [0.4, 0.5) is 0 Å². The van der Waals surface area contributed by atoms with Gasteiger partial charge in [0.1, 0.15) is 35.6 Å². The summed E-state index contributed by atoms with van der Waals surface area (Å²) >= 11 is 0. The van der Waals surface area contributed by atoms with Crippen molar-refractivity contribution in [1.29, 1.82) is 0 Å². The third-order valence-electron chi connectivity index (χ3n) is 30.0. The first-order valence-electron chi connectivity index (χ1n) is 52.1. The van der Waals surface area contributed by atoms with Crippen LogP contribution in [0.1, 0.15) is 436 Å². The Bertz CT molecular complexity index is 2950. The van der Waals surface area contributed by atoms with E-state index in [4.69, 9.17) is 42.6 Å². The Kier molecular flexibility index (Phi) is 49.7. The van der Waals surface area contributed by atoms with Crippen molar-refractivity contribution in [1.82, 2.24) is 0 Å². The Morgan fingerprint density at radius 1 is 0.260 bits per heavy atom. The first kappa shape index (κ1) is 101. The summed E-state index contributed by atoms with van der Waals surface area (Å²) in [6.45, 7) is 25.4. The number of ether oxygens (including phenoxy) is 9. The summed E-state index contributed by atoms with van der Waals surface area (Å²) < 4.78 is 56.3. The smallest absolute Gasteiger partial charge is 0.338 e. The molecule has 6 fully saturated rings. The molecule has 0 N–H and O–H groups in total. The maximum atomic E-state index is 13.2. The van der Waals surface area contributed by atoms with Gasteiger partial charge in [-0.25, -0.2) is 14.4 Å². The number of esters is 3. The van der Waals surface area contributed by atoms with Crippen LogP contribution >= 0.6 is 0 Å². The SMILES string of the molecule is C=C(C(=O)OC1CCC(C2CCC(CCCCC)CC2)CC1)c1ccc(OCCCCCCCCCCOC(CC)(OCCCCCCCCCCOc2ccc(C(=C)C(=O)OC3CCC(C4CCC(CCCCC)CC4)CC3)cc2)OCCCCCCCCCCOc2ccc(C(=C)C(=O)OC3CCC(C4CCC(CCCCC)CC4)CC3)cc2)cc1. The molecule has 0 aromatic heterocycles. The van der Waals surface area contributed by atoms with Crippen molar-refractivity contribution in [2.75, 3.05) is 39.6 Å². The lowest BCUT2D eigenvalue weighted by atomic mass is 9.70. The second kappa shape index (κ2) is 60.4. The van der Waals surface area contributed by atoms with Crippen molar-refractivity contribution in [3.8, 4) is 17.2 Å². The molecule has 6 saturated carbocycles. The Balaban J connectivity index is 0.590. The van der Waals surface area contributed by atoms with Crippen molar-refractivity contribution < 1.29 is 57.0 Å². The van der Waals surface area contributed by atoms with Crippen LogP contribution in [0.25, 0.3) is 16.7 Å². The average molecular weight is 1700 g/mol. The lowest BCUT2D eigenvalue weighted by molar-refractivity contribution is -0.382. The molecule has 3 aromatic carbocycles. The fraction of sp³-hybridized carbons (Fsp3) is 0.757. The van der Waals surface area contributed by atoms with Crippen LogP contribution in [0.2, 0.25) is 0 Å². The number of hydrogen-bond donors (Lipinski definition) is 0. The predicted molar refractivity (Wildman–Crippen MR) is 509 cm³/mol. The lowest BCUT2D eigenvalue weighted by Crippen LogP contribution is -2.39. The van der Waals surface area contributed by atoms with Gasteiger partial charge in [-0.1, -0.05) is 315 Å². The van der Waals surface area contributed by atoms with Crippen molar-refractivity contribution in [3.05, 3.63) is 109 Å². The van der Waals surface area contributed by atoms with Crippen LogP contribution in [0.5, 0.6) is 17.2 Å². The van der Waals surface area contributed by atoms with Gasteiger partial charge in [-0.15, -0.1) is 0 Å². The summed E-state index contributed by atoms with van der Waals surface area (Å²) in [5, 5.41) is 0. The van der Waals surface area contributed by atoms with Gasteiger partial charge in [-0.3, -0.25) is 0 Å². The molecule has 0 aliphatic heterocycles. The molecule has 0 amide bonds. The fourth-order valence-electron chi connectivity index (χ4n) is 21.7. The van der Waals surface area contributed by atoms with Gasteiger partial charge in [0.2, 0.25) is 0 Å². The molecule has 692 valence electrons. The Morgan fingerprint density at radius 2 is 0.463 bits per heavy atom. The van der Waals surface area contributed by atoms with Gasteiger partial charge in [-0.05, 0) is 260 Å². The van der Waals surface area contributed by atoms with E-state index >= 15 is 0 Å². The van der Waals surface area contributed by atoms with Crippen molar-refractivity contribution in [2.24, 2.45) is 53.3 Å². The maximum Gasteiger partial charge on any atom is 0.338 e. The Labute approximate surface area is 750 Å². The predicted octanol–water partition coefficient (Wildman–Crippen LogP) is 31.2. The third-order valence-corrected chi connectivity index (χ3v) is 30.0. The van der Waals surface area contributed by atoms with E-state index in [1.807, 2.05) is 72.8 Å². The number of carbonyl (C=O) groups is 3. The molecule has 6 aliphatic rings. The maximum absolute atomic E-state index is 13.2. The molecule has 12 heteroatoms. The molecule has 0 bridgehead atoms. The van der Waals surface area contributed by atoms with Gasteiger partial charge < -0.3 is 42.6 Å². The van der Waals surface area contributed by atoms with E-state index in [9.17, 15) is 14.4 Å². The molecule has 123 heavy (non-hydrogen) atoms. The molecule has 0 spiro atoms. The van der Waals surface area contributed by atoms with Crippen LogP contribution in [0.15, 0.2) is 92.5 Å². The van der Waals surface area contributed by atoms with Crippen molar-refractivity contribution >= 4 is 34.6 Å². The van der Waals surface area contributed by atoms with E-state index < -0.39 is 5.97 Å². The number of hydrogen-bond acceptors (Lipinski definition) is 12. The highest BCUT2D eigenvalue weighted by molar-refractivity contribution is 6.16. The molecule has 0 radical (unpaired) electrons. The second-order valence-electron chi connectivity index (χ2n) is 39.3. The second-order valence-corrected chi connectivity index (χ2v) is 39.3. The molecule has 0 atom stereocenters. The Hall–Kier alpha value is -5.43. The van der Waals surface area contributed by atoms with E-state index in [0.29, 0.717) is 62.8 Å². The highest BCUT2D eigenvalue weighted by Crippen LogP contribution is 2.46. The quantitative estimate of drug-likeness (QED) is 0.0175. The lowest BCUT2D eigenvalue weighted by Gasteiger charge is -2.37. The van der Waals surface area contributed by atoms with E-state index in [2.05, 4.69) is 47.4 Å². The summed E-state index contributed by atoms with van der Waals surface area (Å²) in [6, 6.07) is 23.4. The zero-order valence-electron chi connectivity index (χ0n) is 78.8. The van der Waals surface area contributed by atoms with Crippen LogP contribution < -0.4 is 14.2 Å². The monoisotopic (exact) mass is 1700 g/mol. The average Bonchev–Trinajstić information content (AvgIpc) is 0.854. The normalized spacial score (nSPS) is 23.6. The minimum Gasteiger partial charge on any atom is -0.494 e. The summed E-state index contributed by atoms with van der Waals surface area (Å²) in [5.41, 5.74) is 3.68. The number of rotatable bonds is 64. The number of carbonyl (C=O) groups excluding carboxylic acids is 3. The molecule has 3 aromatic rings. The highest BCUT2D eigenvalue weighted by atomic mass is 16.9. The molecule has 6 aliphatic carbocycles. The van der Waals surface area contributed by atoms with E-state index in [1.165, 1.54) is 270 Å². The molecular formula is C111H176O12. The molecule has 9 rings (SSSR count). The first-order chi connectivity index (χ1) is 60.3. The van der Waals surface area contributed by atoms with E-state index in [-0.39, 0.29) is 36.2 Å². The standard InChI is InChI=1S/C111H176O12/c1-8-12-33-42-90-45-51-96(52-46-90)99-63-75-105(76-64-99)121-108(112)87(5)93-57-69-102(70-58-93)115-81-36-27-21-15-18-24-30-39-84-118-111(11-4,119-85-40-31-25-19-16-22-28-37-82-116-103-71-59-94(60-72-103)88(6)109(113)122-106-77-65-100(66-78-106)97-53-47-91(48-54-97)43-34-13-9-2)120-86-41-32-26-20-17-23-29-38-83-117-104-73-61-95(62-74-104)89(7)110(114)123-107-79-67-101(68-80-107)98-55-49-92(50-56-98)44-35-14-10-3/h57-62,69-74,90-92,96-101,105-107H,5-56,63-68,75-86H2,1-4H3. The largest absolute Gasteiger partial charge is 0.494 e.